The molecule has 0 aliphatic rings. The lowest BCUT2D eigenvalue weighted by Gasteiger charge is -2.20. The molecular weight excluding hydrogens is 519 g/mol. The Hall–Kier alpha value is -2.90. The minimum atomic E-state index is -4.46. The largest absolute Gasteiger partial charge is 0.394 e. The van der Waals surface area contributed by atoms with Gasteiger partial charge in [0.2, 0.25) is 0 Å². The van der Waals surface area contributed by atoms with E-state index in [4.69, 9.17) is 9.84 Å². The van der Waals surface area contributed by atoms with Gasteiger partial charge in [-0.2, -0.15) is 18.3 Å². The molecule has 0 radical (unpaired) electrons. The van der Waals surface area contributed by atoms with Crippen LogP contribution in [0.25, 0.3) is 33.4 Å². The van der Waals surface area contributed by atoms with Gasteiger partial charge in [0.05, 0.1) is 26.4 Å². The Balaban J connectivity index is 0.000000493. The molecule has 4 aromatic rings. The molecule has 0 saturated heterocycles. The third-order valence-corrected chi connectivity index (χ3v) is 6.58. The Kier molecular flexibility index (Phi) is 12.8. The molecule has 38 heavy (non-hydrogen) atoms. The lowest BCUT2D eigenvalue weighted by atomic mass is 9.86. The fourth-order valence-corrected chi connectivity index (χ4v) is 4.79. The highest BCUT2D eigenvalue weighted by Crippen LogP contribution is 2.43. The van der Waals surface area contributed by atoms with Crippen LogP contribution in [0, 0.1) is 6.92 Å². The average Bonchev–Trinajstić information content (AvgIpc) is 2.92. The van der Waals surface area contributed by atoms with Gasteiger partial charge < -0.3 is 14.6 Å². The molecule has 4 rings (SSSR count). The molecule has 1 unspecified atom stereocenters. The van der Waals surface area contributed by atoms with Crippen molar-refractivity contribution in [2.45, 2.75) is 11.8 Å². The van der Waals surface area contributed by atoms with Crippen LogP contribution in [-0.2, 0) is 19.6 Å². The fraction of sp³-hybridized carbons (Fsp3) is 0.200. The number of methoxy groups -OCH3 is 1. The summed E-state index contributed by atoms with van der Waals surface area (Å²) in [5, 5.41) is 8.20. The minimum absolute atomic E-state index is 0. The predicted molar refractivity (Wildman–Crippen MR) is 158 cm³/mol. The second kappa shape index (κ2) is 15.5. The van der Waals surface area contributed by atoms with Crippen LogP contribution in [0.15, 0.2) is 102 Å². The Bertz CT molecular complexity index is 1360. The molecule has 4 aromatic carbocycles. The predicted octanol–water partition coefficient (Wildman–Crippen LogP) is 5.94. The van der Waals surface area contributed by atoms with Crippen molar-refractivity contribution in [2.75, 3.05) is 33.5 Å². The first-order chi connectivity index (χ1) is 17.9. The number of hydrogen-bond acceptors (Lipinski definition) is 5. The van der Waals surface area contributed by atoms with Crippen LogP contribution in [0.4, 0.5) is 0 Å². The maximum Gasteiger partial charge on any atom is 0.295 e. The summed E-state index contributed by atoms with van der Waals surface area (Å²) in [6.07, 6.45) is 0. The maximum atomic E-state index is 12.5. The smallest absolute Gasteiger partial charge is 0.295 e. The zero-order chi connectivity index (χ0) is 26.7. The van der Waals surface area contributed by atoms with E-state index >= 15 is 0 Å². The second-order valence-electron chi connectivity index (χ2n) is 8.20. The molecular formula is C30H35O6PS. The summed E-state index contributed by atoms with van der Waals surface area (Å²) in [5.41, 5.74) is 5.56. The topological polar surface area (TPSA) is 93.1 Å². The van der Waals surface area contributed by atoms with Gasteiger partial charge in [-0.15, -0.1) is 0 Å². The van der Waals surface area contributed by atoms with E-state index in [1.807, 2.05) is 97.9 Å². The third kappa shape index (κ3) is 8.30. The van der Waals surface area contributed by atoms with Crippen molar-refractivity contribution in [3.05, 3.63) is 103 Å². The van der Waals surface area contributed by atoms with Crippen LogP contribution >= 0.6 is 9.90 Å². The molecule has 2 N–H and O–H groups in total. The molecule has 0 amide bonds. The molecule has 0 aliphatic heterocycles. The maximum absolute atomic E-state index is 12.5. The SMILES string of the molecule is COCCOCCO.Cc1c(-c2ccccc2)cc(S(=O)(=O)O)c(-c2ccccc2)c1-c1ccccc1.P. The molecule has 1 atom stereocenters. The Morgan fingerprint density at radius 2 is 1.18 bits per heavy atom. The Labute approximate surface area is 228 Å². The molecule has 0 fully saturated rings. The number of benzene rings is 4. The van der Waals surface area contributed by atoms with E-state index in [-0.39, 0.29) is 21.4 Å². The van der Waals surface area contributed by atoms with Crippen LogP contribution in [0.3, 0.4) is 0 Å². The Morgan fingerprint density at radius 1 is 0.711 bits per heavy atom. The second-order valence-corrected chi connectivity index (χ2v) is 9.59. The van der Waals surface area contributed by atoms with E-state index in [9.17, 15) is 13.0 Å². The normalized spacial score (nSPS) is 10.7. The summed E-state index contributed by atoms with van der Waals surface area (Å²) in [6.45, 7) is 3.65. The van der Waals surface area contributed by atoms with Gasteiger partial charge in [0.25, 0.3) is 10.1 Å². The molecule has 8 heteroatoms. The summed E-state index contributed by atoms with van der Waals surface area (Å²) < 4.78 is 44.6. The number of hydrogen-bond donors (Lipinski definition) is 2. The van der Waals surface area contributed by atoms with Crippen molar-refractivity contribution in [3.63, 3.8) is 0 Å². The highest BCUT2D eigenvalue weighted by molar-refractivity contribution is 7.86. The third-order valence-electron chi connectivity index (χ3n) is 5.71. The van der Waals surface area contributed by atoms with E-state index in [0.29, 0.717) is 25.4 Å². The molecule has 0 bridgehead atoms. The molecule has 0 aromatic heterocycles. The zero-order valence-corrected chi connectivity index (χ0v) is 23.9. The van der Waals surface area contributed by atoms with Crippen LogP contribution in [-0.4, -0.2) is 51.6 Å². The first-order valence-electron chi connectivity index (χ1n) is 11.9. The van der Waals surface area contributed by atoms with Gasteiger partial charge in [0, 0.05) is 12.7 Å². The lowest BCUT2D eigenvalue weighted by Crippen LogP contribution is -2.05. The van der Waals surface area contributed by atoms with E-state index in [1.165, 1.54) is 0 Å². The molecule has 0 spiro atoms. The average molecular weight is 555 g/mol. The summed E-state index contributed by atoms with van der Waals surface area (Å²) in [5.74, 6) is 0. The summed E-state index contributed by atoms with van der Waals surface area (Å²) in [4.78, 5) is -0.0907. The summed E-state index contributed by atoms with van der Waals surface area (Å²) in [7, 11) is -2.85. The van der Waals surface area contributed by atoms with Crippen LogP contribution < -0.4 is 0 Å². The highest BCUT2D eigenvalue weighted by atomic mass is 32.2. The number of rotatable bonds is 9. The Morgan fingerprint density at radius 3 is 1.63 bits per heavy atom. The van der Waals surface area contributed by atoms with Crippen LogP contribution in [0.5, 0.6) is 0 Å². The van der Waals surface area contributed by atoms with E-state index in [1.54, 1.807) is 13.2 Å². The standard InChI is InChI=1S/C25H20O3S.C5H12O3.H3P/c1-18-22(19-11-5-2-6-12-19)17-23(29(26,27)28)25(21-15-9-4-10-16-21)24(18)20-13-7-3-8-14-20;1-7-4-5-8-3-2-6;/h2-17H,1H3,(H,26,27,28);6H,2-5H2,1H3;1H3. The monoisotopic (exact) mass is 554 g/mol. The van der Waals surface area contributed by atoms with Gasteiger partial charge in [-0.05, 0) is 46.4 Å². The van der Waals surface area contributed by atoms with Crippen molar-refractivity contribution < 1.29 is 27.6 Å². The molecule has 202 valence electrons. The summed E-state index contributed by atoms with van der Waals surface area (Å²) >= 11 is 0. The first-order valence-corrected chi connectivity index (χ1v) is 13.3. The van der Waals surface area contributed by atoms with Gasteiger partial charge in [-0.25, -0.2) is 0 Å². The van der Waals surface area contributed by atoms with E-state index in [2.05, 4.69) is 4.74 Å². The number of aliphatic hydroxyl groups is 1. The highest BCUT2D eigenvalue weighted by Gasteiger charge is 2.25. The first kappa shape index (κ1) is 31.3. The van der Waals surface area contributed by atoms with Gasteiger partial charge >= 0.3 is 0 Å². The zero-order valence-electron chi connectivity index (χ0n) is 21.7. The van der Waals surface area contributed by atoms with Crippen LogP contribution in [0.2, 0.25) is 0 Å². The molecule has 0 heterocycles. The minimum Gasteiger partial charge on any atom is -0.394 e. The number of ether oxygens (including phenoxy) is 2. The van der Waals surface area contributed by atoms with E-state index in [0.717, 1.165) is 33.4 Å². The fourth-order valence-electron chi connectivity index (χ4n) is 4.04. The quantitative estimate of drug-likeness (QED) is 0.151. The molecule has 6 nitrogen and oxygen atoms in total. The van der Waals surface area contributed by atoms with Crippen molar-refractivity contribution in [1.82, 2.24) is 0 Å². The van der Waals surface area contributed by atoms with Gasteiger partial charge in [-0.1, -0.05) is 91.0 Å². The van der Waals surface area contributed by atoms with Gasteiger partial charge in [0.1, 0.15) is 4.90 Å². The van der Waals surface area contributed by atoms with Crippen molar-refractivity contribution in [3.8, 4) is 33.4 Å². The number of aliphatic hydroxyl groups excluding tert-OH is 1. The van der Waals surface area contributed by atoms with Crippen molar-refractivity contribution >= 4 is 20.0 Å². The molecule has 0 saturated carbocycles. The van der Waals surface area contributed by atoms with Crippen molar-refractivity contribution in [1.29, 1.82) is 0 Å². The van der Waals surface area contributed by atoms with E-state index < -0.39 is 10.1 Å². The van der Waals surface area contributed by atoms with Crippen molar-refractivity contribution in [2.24, 2.45) is 0 Å². The molecule has 0 aliphatic carbocycles. The van der Waals surface area contributed by atoms with Crippen LogP contribution in [0.1, 0.15) is 5.56 Å². The van der Waals surface area contributed by atoms with Gasteiger partial charge in [0.15, 0.2) is 0 Å². The van der Waals surface area contributed by atoms with Gasteiger partial charge in [-0.3, -0.25) is 4.55 Å². The lowest BCUT2D eigenvalue weighted by molar-refractivity contribution is 0.0500. The summed E-state index contributed by atoms with van der Waals surface area (Å²) in [6, 6.07) is 30.2.